The Labute approximate surface area is 98.5 Å². The van der Waals surface area contributed by atoms with Crippen molar-refractivity contribution in [3.8, 4) is 5.88 Å². The van der Waals surface area contributed by atoms with Crippen LogP contribution in [-0.4, -0.2) is 34.2 Å². The quantitative estimate of drug-likeness (QED) is 0.678. The van der Waals surface area contributed by atoms with Gasteiger partial charge < -0.3 is 14.9 Å². The molecule has 2 atom stereocenters. The molecule has 0 aliphatic carbocycles. The molecule has 0 aliphatic heterocycles. The van der Waals surface area contributed by atoms with E-state index in [1.807, 2.05) is 0 Å². The maximum atomic E-state index is 13.0. The van der Waals surface area contributed by atoms with E-state index >= 15 is 0 Å². The Bertz CT molecular complexity index is 351. The van der Waals surface area contributed by atoms with Gasteiger partial charge in [-0.3, -0.25) is 0 Å². The number of rotatable bonds is 5. The molecule has 0 radical (unpaired) electrons. The molecule has 0 saturated carbocycles. The van der Waals surface area contributed by atoms with Gasteiger partial charge in [-0.1, -0.05) is 0 Å². The number of halogens is 1. The van der Waals surface area contributed by atoms with Gasteiger partial charge >= 0.3 is 0 Å². The van der Waals surface area contributed by atoms with Crippen LogP contribution in [0.5, 0.6) is 5.88 Å². The minimum atomic E-state index is -1.23. The third-order valence-corrected chi connectivity index (χ3v) is 2.40. The number of pyridine rings is 1. The highest BCUT2D eigenvalue weighted by molar-refractivity contribution is 7.80. The standard InChI is InChI=1S/C10H14FNO3S/c1-15-10-7(4-6(11)5-12-10)9(14)8(13)2-3-16/h4-5,8-9,13-14,16H,2-3H2,1H3. The zero-order valence-electron chi connectivity index (χ0n) is 8.80. The highest BCUT2D eigenvalue weighted by Gasteiger charge is 2.22. The van der Waals surface area contributed by atoms with E-state index in [1.165, 1.54) is 7.11 Å². The monoisotopic (exact) mass is 247 g/mol. The second-order valence-corrected chi connectivity index (χ2v) is 3.72. The highest BCUT2D eigenvalue weighted by atomic mass is 32.1. The average Bonchev–Trinajstić information content (AvgIpc) is 2.28. The number of thiol groups is 1. The van der Waals surface area contributed by atoms with Crippen molar-refractivity contribution in [3.05, 3.63) is 23.6 Å². The van der Waals surface area contributed by atoms with Crippen LogP contribution in [0.3, 0.4) is 0 Å². The fraction of sp³-hybridized carbons (Fsp3) is 0.500. The molecule has 0 aromatic carbocycles. The molecule has 0 fully saturated rings. The van der Waals surface area contributed by atoms with Crippen LogP contribution < -0.4 is 4.74 Å². The molecule has 6 heteroatoms. The molecule has 1 aromatic rings. The van der Waals surface area contributed by atoms with Crippen LogP contribution in [0.4, 0.5) is 4.39 Å². The molecule has 2 N–H and O–H groups in total. The minimum absolute atomic E-state index is 0.104. The number of hydrogen-bond donors (Lipinski definition) is 3. The third-order valence-electron chi connectivity index (χ3n) is 2.15. The van der Waals surface area contributed by atoms with Crippen molar-refractivity contribution < 1.29 is 19.3 Å². The zero-order valence-corrected chi connectivity index (χ0v) is 9.69. The summed E-state index contributed by atoms with van der Waals surface area (Å²) in [5.74, 6) is -0.0661. The van der Waals surface area contributed by atoms with E-state index in [0.29, 0.717) is 12.2 Å². The summed E-state index contributed by atoms with van der Waals surface area (Å²) >= 11 is 3.94. The number of methoxy groups -OCH3 is 1. The van der Waals surface area contributed by atoms with Crippen LogP contribution in [0.2, 0.25) is 0 Å². The van der Waals surface area contributed by atoms with Crippen LogP contribution >= 0.6 is 12.6 Å². The number of nitrogens with zero attached hydrogens (tertiary/aromatic N) is 1. The van der Waals surface area contributed by atoms with Gasteiger partial charge in [0.15, 0.2) is 0 Å². The van der Waals surface area contributed by atoms with E-state index in [-0.39, 0.29) is 11.4 Å². The van der Waals surface area contributed by atoms with Gasteiger partial charge in [-0.05, 0) is 18.2 Å². The van der Waals surface area contributed by atoms with Crippen molar-refractivity contribution in [1.82, 2.24) is 4.98 Å². The van der Waals surface area contributed by atoms with Gasteiger partial charge in [0.25, 0.3) is 0 Å². The Morgan fingerprint density at radius 1 is 1.56 bits per heavy atom. The number of aliphatic hydroxyl groups excluding tert-OH is 2. The zero-order chi connectivity index (χ0) is 12.1. The van der Waals surface area contributed by atoms with Crippen LogP contribution in [0, 0.1) is 5.82 Å². The number of ether oxygens (including phenoxy) is 1. The van der Waals surface area contributed by atoms with Crippen molar-refractivity contribution >= 4 is 12.6 Å². The van der Waals surface area contributed by atoms with Crippen molar-refractivity contribution in [2.75, 3.05) is 12.9 Å². The van der Waals surface area contributed by atoms with Gasteiger partial charge in [-0.15, -0.1) is 0 Å². The van der Waals surface area contributed by atoms with Gasteiger partial charge in [0.05, 0.1) is 19.4 Å². The van der Waals surface area contributed by atoms with Gasteiger partial charge in [-0.25, -0.2) is 9.37 Å². The molecular formula is C10H14FNO3S. The summed E-state index contributed by atoms with van der Waals surface area (Å²) in [4.78, 5) is 3.67. The molecule has 0 bridgehead atoms. The smallest absolute Gasteiger partial charge is 0.219 e. The molecule has 90 valence electrons. The maximum Gasteiger partial charge on any atom is 0.219 e. The second kappa shape index (κ2) is 6.03. The first-order valence-electron chi connectivity index (χ1n) is 4.76. The van der Waals surface area contributed by atoms with E-state index in [0.717, 1.165) is 12.3 Å². The first-order valence-corrected chi connectivity index (χ1v) is 5.39. The predicted molar refractivity (Wildman–Crippen MR) is 60.2 cm³/mol. The lowest BCUT2D eigenvalue weighted by Crippen LogP contribution is -2.19. The van der Waals surface area contributed by atoms with Crippen LogP contribution in [0.1, 0.15) is 18.1 Å². The topological polar surface area (TPSA) is 62.6 Å². The summed E-state index contributed by atoms with van der Waals surface area (Å²) in [6.07, 6.45) is -0.968. The molecule has 1 aromatic heterocycles. The Morgan fingerprint density at radius 2 is 2.25 bits per heavy atom. The van der Waals surface area contributed by atoms with Gasteiger partial charge in [0.1, 0.15) is 11.9 Å². The summed E-state index contributed by atoms with van der Waals surface area (Å²) in [6.45, 7) is 0. The lowest BCUT2D eigenvalue weighted by Gasteiger charge is -2.18. The summed E-state index contributed by atoms with van der Waals surface area (Å²) in [6, 6.07) is 1.10. The summed E-state index contributed by atoms with van der Waals surface area (Å²) in [5, 5.41) is 19.4. The molecule has 1 rings (SSSR count). The van der Waals surface area contributed by atoms with Crippen molar-refractivity contribution in [3.63, 3.8) is 0 Å². The Hall–Kier alpha value is -0.850. The molecule has 4 nitrogen and oxygen atoms in total. The molecular weight excluding hydrogens is 233 g/mol. The number of aliphatic hydroxyl groups is 2. The maximum absolute atomic E-state index is 13.0. The van der Waals surface area contributed by atoms with E-state index in [2.05, 4.69) is 17.6 Å². The first-order chi connectivity index (χ1) is 7.60. The average molecular weight is 247 g/mol. The van der Waals surface area contributed by atoms with Crippen LogP contribution in [-0.2, 0) is 0 Å². The first kappa shape index (κ1) is 13.2. The largest absolute Gasteiger partial charge is 0.481 e. The predicted octanol–water partition coefficient (Wildman–Crippen LogP) is 0.943. The van der Waals surface area contributed by atoms with Crippen LogP contribution in [0.25, 0.3) is 0 Å². The molecule has 16 heavy (non-hydrogen) atoms. The molecule has 2 unspecified atom stereocenters. The highest BCUT2D eigenvalue weighted by Crippen LogP contribution is 2.27. The second-order valence-electron chi connectivity index (χ2n) is 3.28. The normalized spacial score (nSPS) is 14.6. The lowest BCUT2D eigenvalue weighted by atomic mass is 10.0. The number of hydrogen-bond acceptors (Lipinski definition) is 5. The van der Waals surface area contributed by atoms with Crippen molar-refractivity contribution in [2.24, 2.45) is 0 Å². The molecule has 0 saturated heterocycles. The van der Waals surface area contributed by atoms with Crippen molar-refractivity contribution in [2.45, 2.75) is 18.6 Å². The Balaban J connectivity index is 2.96. The third kappa shape index (κ3) is 3.07. The van der Waals surface area contributed by atoms with E-state index in [1.54, 1.807) is 0 Å². The molecule has 0 spiro atoms. The Morgan fingerprint density at radius 3 is 2.81 bits per heavy atom. The summed E-state index contributed by atoms with van der Waals surface area (Å²) in [5.41, 5.74) is 0.136. The SMILES string of the molecule is COc1ncc(F)cc1C(O)C(O)CCS. The van der Waals surface area contributed by atoms with E-state index in [9.17, 15) is 14.6 Å². The molecule has 0 aliphatic rings. The van der Waals surface area contributed by atoms with Crippen molar-refractivity contribution in [1.29, 1.82) is 0 Å². The molecule has 1 heterocycles. The van der Waals surface area contributed by atoms with Gasteiger partial charge in [-0.2, -0.15) is 12.6 Å². The Kier molecular flexibility index (Phi) is 4.98. The fourth-order valence-corrected chi connectivity index (χ4v) is 1.59. The summed E-state index contributed by atoms with van der Waals surface area (Å²) < 4.78 is 17.8. The lowest BCUT2D eigenvalue weighted by molar-refractivity contribution is 0.0153. The van der Waals surface area contributed by atoms with Gasteiger partial charge in [0, 0.05) is 5.56 Å². The fourth-order valence-electron chi connectivity index (χ4n) is 1.32. The minimum Gasteiger partial charge on any atom is -0.481 e. The van der Waals surface area contributed by atoms with Crippen LogP contribution in [0.15, 0.2) is 12.3 Å². The van der Waals surface area contributed by atoms with E-state index < -0.39 is 18.0 Å². The van der Waals surface area contributed by atoms with Gasteiger partial charge in [0.2, 0.25) is 5.88 Å². The number of aromatic nitrogens is 1. The van der Waals surface area contributed by atoms with E-state index in [4.69, 9.17) is 4.74 Å². The molecule has 0 amide bonds. The summed E-state index contributed by atoms with van der Waals surface area (Å²) in [7, 11) is 1.36.